The van der Waals surface area contributed by atoms with Gasteiger partial charge >= 0.3 is 0 Å². The summed E-state index contributed by atoms with van der Waals surface area (Å²) in [6, 6.07) is 67.0. The van der Waals surface area contributed by atoms with Crippen LogP contribution in [0.1, 0.15) is 0 Å². The molecule has 6 aromatic heterocycles. The van der Waals surface area contributed by atoms with Crippen molar-refractivity contribution >= 4 is 65.5 Å². The molecule has 0 unspecified atom stereocenters. The Labute approximate surface area is 361 Å². The van der Waals surface area contributed by atoms with Crippen LogP contribution in [-0.4, -0.2) is 24.1 Å². The molecule has 63 heavy (non-hydrogen) atoms. The van der Waals surface area contributed by atoms with Crippen LogP contribution in [0.3, 0.4) is 0 Å². The van der Waals surface area contributed by atoms with Crippen LogP contribution in [-0.2, 0) is 0 Å². The number of nitrogens with zero attached hydrogens (tertiary/aromatic N) is 5. The minimum absolute atomic E-state index is 0.767. The quantitative estimate of drug-likeness (QED) is 0.168. The molecule has 0 radical (unpaired) electrons. The second-order valence-electron chi connectivity index (χ2n) is 16.0. The molecule has 0 fully saturated rings. The Morgan fingerprint density at radius 2 is 0.841 bits per heavy atom. The minimum atomic E-state index is 0.767. The lowest BCUT2D eigenvalue weighted by atomic mass is 9.94. The number of para-hydroxylation sites is 5. The van der Waals surface area contributed by atoms with Crippen molar-refractivity contribution in [1.82, 2.24) is 24.1 Å². The van der Waals surface area contributed by atoms with E-state index in [2.05, 4.69) is 171 Å². The van der Waals surface area contributed by atoms with E-state index in [9.17, 15) is 0 Å². The lowest BCUT2D eigenvalue weighted by Crippen LogP contribution is -2.00. The zero-order chi connectivity index (χ0) is 41.4. The third kappa shape index (κ3) is 5.48. The van der Waals surface area contributed by atoms with Crippen LogP contribution >= 0.6 is 0 Å². The standard InChI is InChI=1S/C57H35N5O/c1-6-19-48-47(18-1)57-54(53(36-24-28-58-29-25-36)56(63-57)37-26-30-59-31-27-37)55(60-48)39-13-11-12-38(32-39)40-33-41(61-49-20-7-2-14-43(49)44-15-3-8-21-50(44)61)35-42(34-40)62-51-22-9-4-16-45(51)46-17-5-10-23-52(46)62/h1-35H. The van der Waals surface area contributed by atoms with E-state index < -0.39 is 0 Å². The second kappa shape index (κ2) is 14.0. The van der Waals surface area contributed by atoms with Gasteiger partial charge in [0.1, 0.15) is 11.3 Å². The van der Waals surface area contributed by atoms with Crippen LogP contribution in [0.2, 0.25) is 0 Å². The fourth-order valence-electron chi connectivity index (χ4n) is 9.76. The third-order valence-electron chi connectivity index (χ3n) is 12.5. The smallest absolute Gasteiger partial charge is 0.147 e. The normalized spacial score (nSPS) is 11.8. The molecule has 13 rings (SSSR count). The topological polar surface area (TPSA) is 61.7 Å². The number of fused-ring (bicyclic) bond motifs is 9. The van der Waals surface area contributed by atoms with Crippen LogP contribution in [0.15, 0.2) is 217 Å². The summed E-state index contributed by atoms with van der Waals surface area (Å²) in [6.45, 7) is 0. The van der Waals surface area contributed by atoms with Crippen LogP contribution in [0.25, 0.3) is 122 Å². The maximum Gasteiger partial charge on any atom is 0.147 e. The predicted molar refractivity (Wildman–Crippen MR) is 258 cm³/mol. The summed E-state index contributed by atoms with van der Waals surface area (Å²) in [5.41, 5.74) is 15.4. The molecule has 0 saturated carbocycles. The minimum Gasteiger partial charge on any atom is -0.455 e. The molecule has 13 aromatic rings. The molecule has 6 heterocycles. The average molecular weight is 806 g/mol. The van der Waals surface area contributed by atoms with E-state index in [0.717, 1.165) is 100 Å². The number of pyridine rings is 3. The Kier molecular flexibility index (Phi) is 7.80. The molecule has 294 valence electrons. The lowest BCUT2D eigenvalue weighted by molar-refractivity contribution is 0.635. The molecular formula is C57H35N5O. The molecule has 0 amide bonds. The zero-order valence-corrected chi connectivity index (χ0v) is 33.9. The first-order chi connectivity index (χ1) is 31.3. The number of hydrogen-bond acceptors (Lipinski definition) is 4. The van der Waals surface area contributed by atoms with Crippen molar-refractivity contribution in [3.63, 3.8) is 0 Å². The lowest BCUT2D eigenvalue weighted by Gasteiger charge is -2.16. The van der Waals surface area contributed by atoms with Gasteiger partial charge in [-0.2, -0.15) is 0 Å². The summed E-state index contributed by atoms with van der Waals surface area (Å²) in [6.07, 6.45) is 7.28. The highest BCUT2D eigenvalue weighted by molar-refractivity contribution is 6.17. The first-order valence-electron chi connectivity index (χ1n) is 21.2. The molecule has 7 aromatic carbocycles. The molecular weight excluding hydrogens is 771 g/mol. The SMILES string of the molecule is c1cc(-c2cc(-n3c4ccccc4c4ccccc43)cc(-n3c4ccccc4c4ccccc43)c2)cc(-c2nc3ccccc3c3oc(-c4ccncc4)c(-c4ccncc4)c23)c1. The van der Waals surface area contributed by atoms with E-state index in [-0.39, 0.29) is 0 Å². The van der Waals surface area contributed by atoms with Crippen molar-refractivity contribution in [3.05, 3.63) is 213 Å². The van der Waals surface area contributed by atoms with E-state index in [0.29, 0.717) is 0 Å². The van der Waals surface area contributed by atoms with Crippen molar-refractivity contribution in [2.24, 2.45) is 0 Å². The van der Waals surface area contributed by atoms with E-state index in [1.165, 1.54) is 21.5 Å². The van der Waals surface area contributed by atoms with E-state index in [1.54, 1.807) is 12.4 Å². The third-order valence-corrected chi connectivity index (χ3v) is 12.5. The Morgan fingerprint density at radius 3 is 1.40 bits per heavy atom. The van der Waals surface area contributed by atoms with Crippen LogP contribution in [0.4, 0.5) is 0 Å². The summed E-state index contributed by atoms with van der Waals surface area (Å²) >= 11 is 0. The maximum atomic E-state index is 6.99. The first-order valence-corrected chi connectivity index (χ1v) is 21.2. The van der Waals surface area contributed by atoms with Gasteiger partial charge < -0.3 is 13.6 Å². The molecule has 0 aliphatic heterocycles. The highest BCUT2D eigenvalue weighted by Gasteiger charge is 2.25. The Hall–Kier alpha value is -8.61. The van der Waals surface area contributed by atoms with Crippen LogP contribution in [0.5, 0.6) is 0 Å². The van der Waals surface area contributed by atoms with E-state index in [1.807, 2.05) is 48.8 Å². The number of rotatable bonds is 6. The predicted octanol–water partition coefficient (Wildman–Crippen LogP) is 14.6. The van der Waals surface area contributed by atoms with Crippen molar-refractivity contribution in [2.75, 3.05) is 0 Å². The Bertz CT molecular complexity index is 3680. The summed E-state index contributed by atoms with van der Waals surface area (Å²) in [5, 5.41) is 6.80. The molecule has 0 aliphatic rings. The van der Waals surface area contributed by atoms with Crippen LogP contribution in [0, 0.1) is 0 Å². The monoisotopic (exact) mass is 805 g/mol. The maximum absolute atomic E-state index is 6.99. The van der Waals surface area contributed by atoms with Crippen molar-refractivity contribution < 1.29 is 4.42 Å². The number of benzene rings is 7. The van der Waals surface area contributed by atoms with Gasteiger partial charge in [-0.3, -0.25) is 9.97 Å². The van der Waals surface area contributed by atoms with Gasteiger partial charge in [-0.25, -0.2) is 4.98 Å². The van der Waals surface area contributed by atoms with Gasteiger partial charge in [-0.15, -0.1) is 0 Å². The van der Waals surface area contributed by atoms with Crippen molar-refractivity contribution in [2.45, 2.75) is 0 Å². The number of hydrogen-bond donors (Lipinski definition) is 0. The van der Waals surface area contributed by atoms with Gasteiger partial charge in [-0.05, 0) is 102 Å². The van der Waals surface area contributed by atoms with Crippen LogP contribution < -0.4 is 0 Å². The molecule has 0 atom stereocenters. The number of aromatic nitrogens is 5. The Morgan fingerprint density at radius 1 is 0.365 bits per heavy atom. The van der Waals surface area contributed by atoms with E-state index in [4.69, 9.17) is 9.40 Å². The first kappa shape index (κ1) is 35.2. The summed E-state index contributed by atoms with van der Waals surface area (Å²) in [5.74, 6) is 0.767. The molecule has 6 heteroatoms. The fraction of sp³-hybridized carbons (Fsp3) is 0. The van der Waals surface area contributed by atoms with Gasteiger partial charge in [0.25, 0.3) is 0 Å². The van der Waals surface area contributed by atoms with Gasteiger partial charge in [0.05, 0.1) is 38.7 Å². The second-order valence-corrected chi connectivity index (χ2v) is 16.0. The Balaban J connectivity index is 1.10. The molecule has 6 nitrogen and oxygen atoms in total. The molecule has 0 aliphatic carbocycles. The van der Waals surface area contributed by atoms with Gasteiger partial charge in [0, 0.05) is 79.8 Å². The summed E-state index contributed by atoms with van der Waals surface area (Å²) in [7, 11) is 0. The fourth-order valence-corrected chi connectivity index (χ4v) is 9.76. The zero-order valence-electron chi connectivity index (χ0n) is 33.9. The summed E-state index contributed by atoms with van der Waals surface area (Å²) in [4.78, 5) is 14.1. The summed E-state index contributed by atoms with van der Waals surface area (Å²) < 4.78 is 11.8. The molecule has 0 saturated heterocycles. The van der Waals surface area contributed by atoms with Gasteiger partial charge in [0.15, 0.2) is 0 Å². The van der Waals surface area contributed by atoms with Gasteiger partial charge in [0.2, 0.25) is 0 Å². The highest BCUT2D eigenvalue weighted by Crippen LogP contribution is 2.47. The average Bonchev–Trinajstić information content (AvgIpc) is 4.03. The van der Waals surface area contributed by atoms with Crippen molar-refractivity contribution in [1.29, 1.82) is 0 Å². The molecule has 0 bridgehead atoms. The van der Waals surface area contributed by atoms with E-state index >= 15 is 0 Å². The molecule has 0 spiro atoms. The largest absolute Gasteiger partial charge is 0.455 e. The van der Waals surface area contributed by atoms with Crippen molar-refractivity contribution in [3.8, 4) is 56.2 Å². The highest BCUT2D eigenvalue weighted by atomic mass is 16.3. The number of furan rings is 1. The molecule has 0 N–H and O–H groups in total. The van der Waals surface area contributed by atoms with Gasteiger partial charge in [-0.1, -0.05) is 103 Å².